The molecule has 5 rings (SSSR count). The van der Waals surface area contributed by atoms with Gasteiger partial charge in [-0.15, -0.1) is 9.24 Å². The van der Waals surface area contributed by atoms with E-state index in [0.717, 1.165) is 27.6 Å². The van der Waals surface area contributed by atoms with Gasteiger partial charge < -0.3 is 9.42 Å². The maximum Gasteiger partial charge on any atom is 0.276 e. The van der Waals surface area contributed by atoms with Gasteiger partial charge in [0.2, 0.25) is 0 Å². The molecule has 0 spiro atoms. The van der Waals surface area contributed by atoms with Gasteiger partial charge in [0.05, 0.1) is 12.2 Å². The third-order valence-electron chi connectivity index (χ3n) is 6.76. The molecule has 0 saturated carbocycles. The number of hydrogen-bond acceptors (Lipinski definition) is 4. The lowest BCUT2D eigenvalue weighted by atomic mass is 9.71. The molecule has 0 radical (unpaired) electrons. The highest BCUT2D eigenvalue weighted by Crippen LogP contribution is 2.44. The van der Waals surface area contributed by atoms with Gasteiger partial charge in [-0.25, -0.2) is 0 Å². The van der Waals surface area contributed by atoms with Crippen LogP contribution in [0.25, 0.3) is 11.3 Å². The number of hydrogen-bond donors (Lipinski definition) is 0. The van der Waals surface area contributed by atoms with E-state index < -0.39 is 0 Å². The minimum Gasteiger partial charge on any atom is -0.355 e. The van der Waals surface area contributed by atoms with E-state index in [4.69, 9.17) is 4.52 Å². The molecular weight excluding hydrogens is 431 g/mol. The van der Waals surface area contributed by atoms with Crippen LogP contribution in [0.5, 0.6) is 0 Å². The van der Waals surface area contributed by atoms with Crippen molar-refractivity contribution in [1.82, 2.24) is 19.8 Å². The molecule has 0 saturated heterocycles. The molecule has 1 amide bonds. The van der Waals surface area contributed by atoms with E-state index in [2.05, 4.69) is 57.6 Å². The van der Waals surface area contributed by atoms with E-state index >= 15 is 0 Å². The number of nitrogens with zero attached hydrogens (tertiary/aromatic N) is 4. The Bertz CT molecular complexity index is 1360. The van der Waals surface area contributed by atoms with Crippen molar-refractivity contribution in [2.24, 2.45) is 7.05 Å². The highest BCUT2D eigenvalue weighted by molar-refractivity contribution is 7.28. The predicted octanol–water partition coefficient (Wildman–Crippen LogP) is 4.41. The van der Waals surface area contributed by atoms with Crippen molar-refractivity contribution in [3.8, 4) is 11.3 Å². The highest BCUT2D eigenvalue weighted by Gasteiger charge is 2.43. The van der Waals surface area contributed by atoms with Gasteiger partial charge in [0.15, 0.2) is 11.5 Å². The molecule has 6 nitrogen and oxygen atoms in total. The predicted molar refractivity (Wildman–Crippen MR) is 132 cm³/mol. The van der Waals surface area contributed by atoms with Crippen molar-refractivity contribution in [3.05, 3.63) is 88.9 Å². The van der Waals surface area contributed by atoms with Crippen molar-refractivity contribution in [2.45, 2.75) is 32.2 Å². The lowest BCUT2D eigenvalue weighted by Gasteiger charge is -2.45. The average molecular weight is 459 g/mol. The first-order chi connectivity index (χ1) is 15.8. The number of benzene rings is 2. The molecule has 0 aliphatic carbocycles. The Morgan fingerprint density at radius 3 is 2.73 bits per heavy atom. The standard InChI is InChI=1S/C26H27N4O2P/c1-16-9-10-20(24(33)11-16)23-12-22(28-32-23)25(31)30-15-26(3,18-13-27-29(4)14-18)21-8-6-5-7-19(21)17(30)2/h5-14,17H,15,33H2,1-4H3/t17-,26+/m1/s1. The lowest BCUT2D eigenvalue weighted by molar-refractivity contribution is 0.0616. The summed E-state index contributed by atoms with van der Waals surface area (Å²) in [6.07, 6.45) is 3.92. The van der Waals surface area contributed by atoms with Crippen molar-refractivity contribution >= 4 is 20.5 Å². The summed E-state index contributed by atoms with van der Waals surface area (Å²) in [7, 11) is 4.64. The SMILES string of the molecule is Cc1ccc(-c2cc(C(=O)N3C[C@@](C)(c4cnn(C)c4)c4ccccc4[C@H]3C)no2)c(P)c1. The minimum atomic E-state index is -0.385. The first-order valence-electron chi connectivity index (χ1n) is 11.0. The summed E-state index contributed by atoms with van der Waals surface area (Å²) >= 11 is 0. The zero-order valence-corrected chi connectivity index (χ0v) is 20.4. The Morgan fingerprint density at radius 1 is 1.21 bits per heavy atom. The number of aryl methyl sites for hydroxylation is 2. The molecule has 33 heavy (non-hydrogen) atoms. The summed E-state index contributed by atoms with van der Waals surface area (Å²) in [5, 5.41) is 9.56. The molecule has 1 aliphatic rings. The number of fused-ring (bicyclic) bond motifs is 1. The fourth-order valence-corrected chi connectivity index (χ4v) is 5.35. The summed E-state index contributed by atoms with van der Waals surface area (Å²) in [5.41, 5.74) is 5.44. The third kappa shape index (κ3) is 3.59. The maximum absolute atomic E-state index is 13.7. The molecule has 3 heterocycles. The van der Waals surface area contributed by atoms with Gasteiger partial charge in [-0.3, -0.25) is 9.48 Å². The fraction of sp³-hybridized carbons (Fsp3) is 0.269. The second kappa shape index (κ2) is 7.96. The summed E-state index contributed by atoms with van der Waals surface area (Å²) in [6, 6.07) is 16.1. The molecule has 168 valence electrons. The summed E-state index contributed by atoms with van der Waals surface area (Å²) < 4.78 is 7.41. The van der Waals surface area contributed by atoms with Crippen molar-refractivity contribution in [3.63, 3.8) is 0 Å². The van der Waals surface area contributed by atoms with Crippen molar-refractivity contribution in [1.29, 1.82) is 0 Å². The summed E-state index contributed by atoms with van der Waals surface area (Å²) in [6.45, 7) is 6.82. The molecule has 1 unspecified atom stereocenters. The molecular formula is C26H27N4O2P. The number of rotatable bonds is 3. The largest absolute Gasteiger partial charge is 0.355 e. The van der Waals surface area contributed by atoms with Gasteiger partial charge in [-0.1, -0.05) is 53.2 Å². The third-order valence-corrected chi connectivity index (χ3v) is 7.24. The molecule has 2 aromatic heterocycles. The van der Waals surface area contributed by atoms with E-state index in [0.29, 0.717) is 18.0 Å². The van der Waals surface area contributed by atoms with E-state index in [9.17, 15) is 4.79 Å². The lowest BCUT2D eigenvalue weighted by Crippen LogP contribution is -2.49. The smallest absolute Gasteiger partial charge is 0.276 e. The van der Waals surface area contributed by atoms with Gasteiger partial charge in [0, 0.05) is 42.4 Å². The van der Waals surface area contributed by atoms with Crippen molar-refractivity contribution < 1.29 is 9.32 Å². The monoisotopic (exact) mass is 458 g/mol. The van der Waals surface area contributed by atoms with Crippen LogP contribution >= 0.6 is 9.24 Å². The van der Waals surface area contributed by atoms with Gasteiger partial charge in [-0.2, -0.15) is 5.10 Å². The summed E-state index contributed by atoms with van der Waals surface area (Å²) in [5.74, 6) is 0.447. The fourth-order valence-electron chi connectivity index (χ4n) is 4.85. The van der Waals surface area contributed by atoms with E-state index in [1.165, 1.54) is 5.56 Å². The molecule has 0 bridgehead atoms. The number of carbonyl (C=O) groups excluding carboxylic acids is 1. The molecule has 0 fully saturated rings. The Kier molecular flexibility index (Phi) is 5.21. The Morgan fingerprint density at radius 2 is 2.00 bits per heavy atom. The van der Waals surface area contributed by atoms with Crippen LogP contribution in [0.15, 0.2) is 65.4 Å². The number of carbonyl (C=O) groups is 1. The number of amides is 1. The Balaban J connectivity index is 1.53. The van der Waals surface area contributed by atoms with Crippen LogP contribution < -0.4 is 5.30 Å². The normalized spacial score (nSPS) is 20.0. The summed E-state index contributed by atoms with van der Waals surface area (Å²) in [4.78, 5) is 15.6. The van der Waals surface area contributed by atoms with Crippen LogP contribution in [-0.2, 0) is 12.5 Å². The van der Waals surface area contributed by atoms with Gasteiger partial charge in [0.1, 0.15) is 0 Å². The van der Waals surface area contributed by atoms with Crippen LogP contribution in [0, 0.1) is 6.92 Å². The average Bonchev–Trinajstić information content (AvgIpc) is 3.46. The van der Waals surface area contributed by atoms with Gasteiger partial charge >= 0.3 is 0 Å². The topological polar surface area (TPSA) is 64.2 Å². The van der Waals surface area contributed by atoms with Crippen LogP contribution in [0.4, 0.5) is 0 Å². The van der Waals surface area contributed by atoms with Crippen LogP contribution in [0.2, 0.25) is 0 Å². The molecule has 2 aromatic carbocycles. The number of aromatic nitrogens is 3. The molecule has 1 aliphatic heterocycles. The zero-order chi connectivity index (χ0) is 23.3. The minimum absolute atomic E-state index is 0.0877. The van der Waals surface area contributed by atoms with Crippen LogP contribution in [0.3, 0.4) is 0 Å². The second-order valence-corrected chi connectivity index (χ2v) is 9.72. The van der Waals surface area contributed by atoms with Gasteiger partial charge in [-0.05, 0) is 37.2 Å². The Labute approximate surface area is 195 Å². The van der Waals surface area contributed by atoms with E-state index in [-0.39, 0.29) is 17.4 Å². The quantitative estimate of drug-likeness (QED) is 0.427. The van der Waals surface area contributed by atoms with Crippen molar-refractivity contribution in [2.75, 3.05) is 6.54 Å². The highest BCUT2D eigenvalue weighted by atomic mass is 31.0. The Hall–Kier alpha value is -3.24. The van der Waals surface area contributed by atoms with Crippen LogP contribution in [0.1, 0.15) is 52.6 Å². The first kappa shape index (κ1) is 21.6. The van der Waals surface area contributed by atoms with Crippen LogP contribution in [-0.4, -0.2) is 32.3 Å². The molecule has 4 aromatic rings. The maximum atomic E-state index is 13.7. The zero-order valence-electron chi connectivity index (χ0n) is 19.2. The van der Waals surface area contributed by atoms with Gasteiger partial charge in [0.25, 0.3) is 5.91 Å². The van der Waals surface area contributed by atoms with E-state index in [1.807, 2.05) is 49.5 Å². The molecule has 7 heteroatoms. The van der Waals surface area contributed by atoms with E-state index in [1.54, 1.807) is 10.7 Å². The molecule has 3 atom stereocenters. The first-order valence-corrected chi connectivity index (χ1v) is 11.6. The molecule has 0 N–H and O–H groups in total. The second-order valence-electron chi connectivity index (χ2n) is 9.10.